The molecule has 0 atom stereocenters. The Kier molecular flexibility index (Phi) is 6.63. The number of nitrogens with zero attached hydrogens (tertiary/aromatic N) is 2. The van der Waals surface area contributed by atoms with Crippen LogP contribution in [0, 0.1) is 17.2 Å². The fraction of sp³-hybridized carbons (Fsp3) is 0.571. The molecular weight excluding hydrogens is 372 g/mol. The van der Waals surface area contributed by atoms with Gasteiger partial charge in [0.25, 0.3) is 0 Å². The minimum Gasteiger partial charge on any atom is -0.385 e. The lowest BCUT2D eigenvalue weighted by molar-refractivity contribution is 0.323. The first-order valence-electron chi connectivity index (χ1n) is 10.1. The number of hydrogen-bond donors (Lipinski definition) is 2. The molecule has 1 fully saturated rings. The third kappa shape index (κ3) is 5.06. The van der Waals surface area contributed by atoms with Gasteiger partial charge in [-0.3, -0.25) is 0 Å². The minimum atomic E-state index is -3.19. The van der Waals surface area contributed by atoms with Crippen molar-refractivity contribution in [1.29, 1.82) is 5.26 Å². The largest absolute Gasteiger partial charge is 0.385 e. The van der Waals surface area contributed by atoms with E-state index in [9.17, 15) is 13.7 Å². The molecule has 0 bridgehead atoms. The molecule has 0 saturated heterocycles. The van der Waals surface area contributed by atoms with Crippen LogP contribution in [-0.4, -0.2) is 32.8 Å². The summed E-state index contributed by atoms with van der Waals surface area (Å²) in [6, 6.07) is 8.32. The summed E-state index contributed by atoms with van der Waals surface area (Å²) in [6.45, 7) is 5.18. The maximum absolute atomic E-state index is 12.0. The first kappa shape index (κ1) is 20.7. The average molecular weight is 403 g/mol. The molecule has 0 radical (unpaired) electrons. The van der Waals surface area contributed by atoms with Gasteiger partial charge in [0.1, 0.15) is 6.07 Å². The smallest absolute Gasteiger partial charge is 0.214 e. The summed E-state index contributed by atoms with van der Waals surface area (Å²) >= 11 is 0. The predicted molar refractivity (Wildman–Crippen MR) is 114 cm³/mol. The Balaban J connectivity index is 1.50. The fourth-order valence-corrected chi connectivity index (χ4v) is 4.76. The van der Waals surface area contributed by atoms with Crippen LogP contribution in [0.2, 0.25) is 0 Å². The summed E-state index contributed by atoms with van der Waals surface area (Å²) in [5, 5.41) is 12.6. The normalized spacial score (nSPS) is 22.4. The molecule has 6 nitrogen and oxygen atoms in total. The van der Waals surface area contributed by atoms with Crippen LogP contribution < -0.4 is 14.9 Å². The first-order chi connectivity index (χ1) is 13.4. The number of benzene rings is 1. The molecule has 1 aromatic carbocycles. The molecule has 7 heteroatoms. The van der Waals surface area contributed by atoms with Crippen molar-refractivity contribution in [2.24, 2.45) is 5.92 Å². The second kappa shape index (κ2) is 8.97. The summed E-state index contributed by atoms with van der Waals surface area (Å²) in [5.41, 5.74) is 2.61. The summed E-state index contributed by atoms with van der Waals surface area (Å²) in [7, 11) is -3.19. The standard InChI is InChI=1S/C21H30N4O2S/c1-16(2)28(26,27)24-19-7-5-17(6-8-19)15-23-20-9-10-21(18(13-20)14-22)25-11-3-4-12-25/h3,9-11,13,16-17,19,23-24H,4-8,12,15H2,1-2H3. The van der Waals surface area contributed by atoms with Gasteiger partial charge in [0.05, 0.1) is 16.5 Å². The maximum atomic E-state index is 12.0. The molecule has 3 rings (SSSR count). The molecule has 28 heavy (non-hydrogen) atoms. The fourth-order valence-electron chi connectivity index (χ4n) is 3.79. The van der Waals surface area contributed by atoms with E-state index in [-0.39, 0.29) is 11.3 Å². The van der Waals surface area contributed by atoms with E-state index in [0.29, 0.717) is 11.5 Å². The van der Waals surface area contributed by atoms with Crippen LogP contribution in [-0.2, 0) is 10.0 Å². The second-order valence-corrected chi connectivity index (χ2v) is 10.3. The van der Waals surface area contributed by atoms with Crippen LogP contribution in [0.4, 0.5) is 11.4 Å². The molecule has 1 saturated carbocycles. The van der Waals surface area contributed by atoms with Crippen LogP contribution in [0.25, 0.3) is 0 Å². The van der Waals surface area contributed by atoms with Gasteiger partial charge in [-0.05, 0) is 70.1 Å². The van der Waals surface area contributed by atoms with Gasteiger partial charge in [0.15, 0.2) is 0 Å². The molecule has 0 spiro atoms. The van der Waals surface area contributed by atoms with E-state index in [1.165, 1.54) is 0 Å². The molecule has 0 amide bonds. The van der Waals surface area contributed by atoms with Gasteiger partial charge in [0, 0.05) is 31.0 Å². The summed E-state index contributed by atoms with van der Waals surface area (Å²) in [4.78, 5) is 2.11. The van der Waals surface area contributed by atoms with Crippen LogP contribution >= 0.6 is 0 Å². The highest BCUT2D eigenvalue weighted by Crippen LogP contribution is 2.28. The Morgan fingerprint density at radius 2 is 2.00 bits per heavy atom. The quantitative estimate of drug-likeness (QED) is 0.728. The van der Waals surface area contributed by atoms with Crippen molar-refractivity contribution in [3.63, 3.8) is 0 Å². The van der Waals surface area contributed by atoms with Gasteiger partial charge in [-0.15, -0.1) is 0 Å². The highest BCUT2D eigenvalue weighted by molar-refractivity contribution is 7.90. The van der Waals surface area contributed by atoms with Gasteiger partial charge in [-0.2, -0.15) is 5.26 Å². The third-order valence-corrected chi connectivity index (χ3v) is 7.54. The van der Waals surface area contributed by atoms with Crippen LogP contribution in [0.3, 0.4) is 0 Å². The average Bonchev–Trinajstić information content (AvgIpc) is 3.21. The van der Waals surface area contributed by atoms with Crippen molar-refractivity contribution >= 4 is 21.4 Å². The lowest BCUT2D eigenvalue weighted by atomic mass is 9.86. The van der Waals surface area contributed by atoms with Gasteiger partial charge in [-0.25, -0.2) is 13.1 Å². The monoisotopic (exact) mass is 402 g/mol. The lowest BCUT2D eigenvalue weighted by Crippen LogP contribution is -2.41. The lowest BCUT2D eigenvalue weighted by Gasteiger charge is -2.30. The molecule has 152 valence electrons. The Morgan fingerprint density at radius 3 is 2.61 bits per heavy atom. The van der Waals surface area contributed by atoms with E-state index in [1.807, 2.05) is 24.4 Å². The van der Waals surface area contributed by atoms with Crippen molar-refractivity contribution in [2.45, 2.75) is 57.2 Å². The molecule has 1 aliphatic carbocycles. The number of nitriles is 1. The van der Waals surface area contributed by atoms with E-state index in [4.69, 9.17) is 0 Å². The summed E-state index contributed by atoms with van der Waals surface area (Å²) in [6.07, 6.45) is 8.92. The molecule has 0 aromatic heterocycles. The Morgan fingerprint density at radius 1 is 1.25 bits per heavy atom. The Labute approximate surface area is 168 Å². The number of sulfonamides is 1. The molecule has 1 aliphatic heterocycles. The molecule has 1 heterocycles. The van der Waals surface area contributed by atoms with Gasteiger partial charge >= 0.3 is 0 Å². The highest BCUT2D eigenvalue weighted by atomic mass is 32.2. The van der Waals surface area contributed by atoms with Crippen LogP contribution in [0.1, 0.15) is 51.5 Å². The first-order valence-corrected chi connectivity index (χ1v) is 11.7. The zero-order valence-electron chi connectivity index (χ0n) is 16.7. The van der Waals surface area contributed by atoms with Crippen molar-refractivity contribution in [3.05, 3.63) is 36.0 Å². The number of hydrogen-bond acceptors (Lipinski definition) is 5. The number of anilines is 2. The minimum absolute atomic E-state index is 0.0571. The topological polar surface area (TPSA) is 85.2 Å². The number of rotatable bonds is 7. The molecule has 1 aromatic rings. The zero-order chi connectivity index (χ0) is 20.1. The molecule has 0 unspecified atom stereocenters. The SMILES string of the molecule is CC(C)S(=O)(=O)NC1CCC(CNc2ccc(N3C=CCC3)c(C#N)c2)CC1. The Bertz CT molecular complexity index is 850. The van der Waals surface area contributed by atoms with Crippen molar-refractivity contribution in [1.82, 2.24) is 4.72 Å². The maximum Gasteiger partial charge on any atom is 0.214 e. The van der Waals surface area contributed by atoms with Crippen LogP contribution in [0.5, 0.6) is 0 Å². The van der Waals surface area contributed by atoms with E-state index >= 15 is 0 Å². The Hall–Kier alpha value is -2.04. The van der Waals surface area contributed by atoms with Gasteiger partial charge < -0.3 is 10.2 Å². The van der Waals surface area contributed by atoms with E-state index < -0.39 is 10.0 Å². The van der Waals surface area contributed by atoms with E-state index in [1.54, 1.807) is 13.8 Å². The van der Waals surface area contributed by atoms with Crippen molar-refractivity contribution < 1.29 is 8.42 Å². The van der Waals surface area contributed by atoms with Crippen molar-refractivity contribution in [2.75, 3.05) is 23.3 Å². The molecule has 2 N–H and O–H groups in total. The van der Waals surface area contributed by atoms with E-state index in [0.717, 1.165) is 56.6 Å². The second-order valence-electron chi connectivity index (χ2n) is 8.02. The number of nitrogens with one attached hydrogen (secondary N) is 2. The molecule has 2 aliphatic rings. The zero-order valence-corrected chi connectivity index (χ0v) is 17.5. The van der Waals surface area contributed by atoms with Gasteiger partial charge in [-0.1, -0.05) is 6.08 Å². The van der Waals surface area contributed by atoms with E-state index in [2.05, 4.69) is 27.1 Å². The van der Waals surface area contributed by atoms with Crippen molar-refractivity contribution in [3.8, 4) is 6.07 Å². The summed E-state index contributed by atoms with van der Waals surface area (Å²) in [5.74, 6) is 0.520. The van der Waals surface area contributed by atoms with Gasteiger partial charge in [0.2, 0.25) is 10.0 Å². The third-order valence-electron chi connectivity index (χ3n) is 5.64. The van der Waals surface area contributed by atoms with Crippen LogP contribution in [0.15, 0.2) is 30.5 Å². The summed E-state index contributed by atoms with van der Waals surface area (Å²) < 4.78 is 26.9. The molecular formula is C21H30N4O2S. The highest BCUT2D eigenvalue weighted by Gasteiger charge is 2.26. The predicted octanol–water partition coefficient (Wildman–Crippen LogP) is 3.58.